The molecular weight excluding hydrogens is 324 g/mol. The van der Waals surface area contributed by atoms with E-state index in [1.54, 1.807) is 0 Å². The van der Waals surface area contributed by atoms with Gasteiger partial charge in [-0.15, -0.1) is 0 Å². The first-order chi connectivity index (χ1) is 12.4. The van der Waals surface area contributed by atoms with Gasteiger partial charge in [-0.2, -0.15) is 0 Å². The fourth-order valence-corrected chi connectivity index (χ4v) is 4.44. The topological polar surface area (TPSA) is 48.9 Å². The van der Waals surface area contributed by atoms with Crippen LogP contribution in [-0.2, 0) is 4.74 Å². The van der Waals surface area contributed by atoms with Crippen LogP contribution >= 0.6 is 0 Å². The van der Waals surface area contributed by atoms with Crippen LogP contribution in [0.25, 0.3) is 0 Å². The zero-order chi connectivity index (χ0) is 19.0. The van der Waals surface area contributed by atoms with Gasteiger partial charge in [0, 0.05) is 45.2 Å². The molecule has 0 aromatic carbocycles. The van der Waals surface area contributed by atoms with Crippen molar-refractivity contribution < 1.29 is 4.74 Å². The maximum absolute atomic E-state index is 6.09. The fraction of sp³-hybridized carbons (Fsp3) is 0.952. The monoisotopic (exact) mass is 366 g/mol. The number of nitrogens with one attached hydrogen (secondary N) is 2. The lowest BCUT2D eigenvalue weighted by molar-refractivity contribution is -0.0835. The predicted octanol–water partition coefficient (Wildman–Crippen LogP) is 3.26. The Labute approximate surface area is 161 Å². The predicted molar refractivity (Wildman–Crippen MR) is 111 cm³/mol. The van der Waals surface area contributed by atoms with Gasteiger partial charge in [0.15, 0.2) is 5.96 Å². The van der Waals surface area contributed by atoms with E-state index < -0.39 is 0 Å². The van der Waals surface area contributed by atoms with Crippen molar-refractivity contribution in [3.8, 4) is 0 Å². The number of nitrogens with zero attached hydrogens (tertiary/aromatic N) is 2. The van der Waals surface area contributed by atoms with Gasteiger partial charge < -0.3 is 20.3 Å². The van der Waals surface area contributed by atoms with Crippen molar-refractivity contribution in [3.05, 3.63) is 0 Å². The summed E-state index contributed by atoms with van der Waals surface area (Å²) in [7, 11) is 1.86. The Bertz CT molecular complexity index is 432. The van der Waals surface area contributed by atoms with E-state index in [1.165, 1.54) is 51.6 Å². The molecule has 0 spiro atoms. The number of guanidine groups is 1. The summed E-state index contributed by atoms with van der Waals surface area (Å²) in [6, 6.07) is 0.752. The number of ether oxygens (including phenoxy) is 1. The van der Waals surface area contributed by atoms with E-state index in [-0.39, 0.29) is 5.41 Å². The molecule has 0 aromatic heterocycles. The summed E-state index contributed by atoms with van der Waals surface area (Å²) in [4.78, 5) is 7.03. The summed E-state index contributed by atoms with van der Waals surface area (Å²) in [5.41, 5.74) is 0.189. The second-order valence-corrected chi connectivity index (χ2v) is 9.17. The maximum atomic E-state index is 6.09. The summed E-state index contributed by atoms with van der Waals surface area (Å²) < 4.78 is 6.09. The third kappa shape index (κ3) is 6.73. The van der Waals surface area contributed by atoms with Gasteiger partial charge in [0.2, 0.25) is 0 Å². The van der Waals surface area contributed by atoms with Crippen LogP contribution in [0.15, 0.2) is 4.99 Å². The minimum atomic E-state index is 0.189. The average molecular weight is 367 g/mol. The van der Waals surface area contributed by atoms with Gasteiger partial charge in [0.05, 0.1) is 6.10 Å². The van der Waals surface area contributed by atoms with Crippen molar-refractivity contribution in [1.82, 2.24) is 15.5 Å². The summed E-state index contributed by atoms with van der Waals surface area (Å²) in [5, 5.41) is 7.02. The first-order valence-electron chi connectivity index (χ1n) is 10.7. The van der Waals surface area contributed by atoms with Crippen LogP contribution in [0.2, 0.25) is 0 Å². The van der Waals surface area contributed by atoms with E-state index in [9.17, 15) is 0 Å². The highest BCUT2D eigenvalue weighted by Gasteiger charge is 2.35. The van der Waals surface area contributed by atoms with Crippen LogP contribution in [0.4, 0.5) is 0 Å². The number of hydrogen-bond donors (Lipinski definition) is 2. The van der Waals surface area contributed by atoms with E-state index in [4.69, 9.17) is 4.74 Å². The van der Waals surface area contributed by atoms with Crippen LogP contribution in [-0.4, -0.2) is 62.8 Å². The Hall–Kier alpha value is -0.810. The highest BCUT2D eigenvalue weighted by molar-refractivity contribution is 5.79. The van der Waals surface area contributed by atoms with E-state index in [0.29, 0.717) is 12.0 Å². The van der Waals surface area contributed by atoms with Crippen LogP contribution in [0, 0.1) is 11.3 Å². The Morgan fingerprint density at radius 2 is 1.96 bits per heavy atom. The summed E-state index contributed by atoms with van der Waals surface area (Å²) >= 11 is 0. The molecule has 0 radical (unpaired) electrons. The Kier molecular flexibility index (Phi) is 8.68. The Morgan fingerprint density at radius 3 is 2.65 bits per heavy atom. The fourth-order valence-electron chi connectivity index (χ4n) is 4.44. The van der Waals surface area contributed by atoms with E-state index >= 15 is 0 Å². The van der Waals surface area contributed by atoms with E-state index in [2.05, 4.69) is 48.2 Å². The zero-order valence-corrected chi connectivity index (χ0v) is 17.8. The SMILES string of the molecule is CN=C(NCCCN1CCCCC1C)NCC1CCCOC1C(C)(C)C. The van der Waals surface area contributed by atoms with Crippen molar-refractivity contribution in [2.75, 3.05) is 39.8 Å². The van der Waals surface area contributed by atoms with Crippen LogP contribution in [0.1, 0.15) is 66.2 Å². The molecule has 0 bridgehead atoms. The third-order valence-corrected chi connectivity index (χ3v) is 5.91. The number of rotatable bonds is 6. The van der Waals surface area contributed by atoms with Gasteiger partial charge in [-0.3, -0.25) is 4.99 Å². The lowest BCUT2D eigenvalue weighted by Crippen LogP contribution is -2.47. The standard InChI is InChI=1S/C21H42N4O/c1-17-10-6-7-13-25(17)14-9-12-23-20(22-5)24-16-18-11-8-15-26-19(18)21(2,3)4/h17-19H,6-16H2,1-5H3,(H2,22,23,24). The second kappa shape index (κ2) is 10.5. The second-order valence-electron chi connectivity index (χ2n) is 9.17. The molecule has 5 nitrogen and oxygen atoms in total. The van der Waals surface area contributed by atoms with Gasteiger partial charge in [0.25, 0.3) is 0 Å². The molecule has 3 atom stereocenters. The summed E-state index contributed by atoms with van der Waals surface area (Å²) in [6.45, 7) is 14.5. The highest BCUT2D eigenvalue weighted by Crippen LogP contribution is 2.33. The molecule has 2 N–H and O–H groups in total. The molecule has 2 saturated heterocycles. The molecule has 3 unspecified atom stereocenters. The van der Waals surface area contributed by atoms with E-state index in [1.807, 2.05) is 7.05 Å². The van der Waals surface area contributed by atoms with Gasteiger partial charge in [-0.1, -0.05) is 27.2 Å². The molecule has 2 rings (SSSR count). The molecule has 2 heterocycles. The lowest BCUT2D eigenvalue weighted by Gasteiger charge is -2.40. The van der Waals surface area contributed by atoms with E-state index in [0.717, 1.165) is 31.7 Å². The van der Waals surface area contributed by atoms with Gasteiger partial charge in [-0.05, 0) is 51.0 Å². The normalized spacial score (nSPS) is 28.8. The maximum Gasteiger partial charge on any atom is 0.190 e. The molecule has 0 aromatic rings. The molecule has 2 aliphatic heterocycles. The molecule has 26 heavy (non-hydrogen) atoms. The molecular formula is C21H42N4O. The van der Waals surface area contributed by atoms with Gasteiger partial charge >= 0.3 is 0 Å². The molecule has 5 heteroatoms. The van der Waals surface area contributed by atoms with Crippen LogP contribution < -0.4 is 10.6 Å². The summed E-state index contributed by atoms with van der Waals surface area (Å²) in [6.07, 6.45) is 8.00. The Balaban J connectivity index is 1.68. The smallest absolute Gasteiger partial charge is 0.190 e. The van der Waals surface area contributed by atoms with Crippen molar-refractivity contribution >= 4 is 5.96 Å². The van der Waals surface area contributed by atoms with Crippen molar-refractivity contribution in [2.24, 2.45) is 16.3 Å². The molecule has 2 fully saturated rings. The van der Waals surface area contributed by atoms with Gasteiger partial charge in [-0.25, -0.2) is 0 Å². The highest BCUT2D eigenvalue weighted by atomic mass is 16.5. The van der Waals surface area contributed by atoms with Crippen LogP contribution in [0.5, 0.6) is 0 Å². The Morgan fingerprint density at radius 1 is 1.15 bits per heavy atom. The summed E-state index contributed by atoms with van der Waals surface area (Å²) in [5.74, 6) is 1.48. The first kappa shape index (κ1) is 21.5. The zero-order valence-electron chi connectivity index (χ0n) is 17.8. The molecule has 0 saturated carbocycles. The molecule has 0 amide bonds. The molecule has 2 aliphatic rings. The lowest BCUT2D eigenvalue weighted by atomic mass is 9.78. The molecule has 152 valence electrons. The third-order valence-electron chi connectivity index (χ3n) is 5.91. The minimum Gasteiger partial charge on any atom is -0.377 e. The number of aliphatic imine (C=N–C) groups is 1. The first-order valence-corrected chi connectivity index (χ1v) is 10.7. The van der Waals surface area contributed by atoms with Crippen molar-refractivity contribution in [2.45, 2.75) is 78.4 Å². The number of likely N-dealkylation sites (tertiary alicyclic amines) is 1. The van der Waals surface area contributed by atoms with Gasteiger partial charge in [0.1, 0.15) is 0 Å². The number of hydrogen-bond acceptors (Lipinski definition) is 3. The quantitative estimate of drug-likeness (QED) is 0.430. The average Bonchev–Trinajstić information content (AvgIpc) is 2.62. The van der Waals surface area contributed by atoms with Crippen molar-refractivity contribution in [1.29, 1.82) is 0 Å². The number of piperidine rings is 1. The minimum absolute atomic E-state index is 0.189. The largest absolute Gasteiger partial charge is 0.377 e. The van der Waals surface area contributed by atoms with Crippen molar-refractivity contribution in [3.63, 3.8) is 0 Å². The molecule has 0 aliphatic carbocycles. The van der Waals surface area contributed by atoms with Crippen LogP contribution in [0.3, 0.4) is 0 Å².